The molecule has 0 saturated carbocycles. The summed E-state index contributed by atoms with van der Waals surface area (Å²) in [5, 5.41) is 27.2. The molecule has 0 aliphatic carbocycles. The van der Waals surface area contributed by atoms with Gasteiger partial charge in [0.2, 0.25) is 0 Å². The molecule has 0 bridgehead atoms. The number of benzene rings is 6. The number of hydrogen-bond acceptors (Lipinski definition) is 5. The Bertz CT molecular complexity index is 2000. The highest BCUT2D eigenvalue weighted by atomic mass is 32.1. The van der Waals surface area contributed by atoms with Gasteiger partial charge >= 0.3 is 0 Å². The molecule has 3 heterocycles. The van der Waals surface area contributed by atoms with Crippen molar-refractivity contribution >= 4 is 31.5 Å². The lowest BCUT2D eigenvalue weighted by molar-refractivity contribution is 0.112. The van der Waals surface area contributed by atoms with E-state index in [-0.39, 0.29) is 0 Å². The topological polar surface area (TPSA) is 58.9 Å². The van der Waals surface area contributed by atoms with Crippen LogP contribution < -0.4 is 9.47 Å². The first-order chi connectivity index (χ1) is 21.0. The average Bonchev–Trinajstić information content (AvgIpc) is 3.42. The number of rotatable bonds is 2. The van der Waals surface area contributed by atoms with Gasteiger partial charge in [-0.15, -0.1) is 11.3 Å². The monoisotopic (exact) mass is 576 g/mol. The molecule has 2 aliphatic heterocycles. The number of thiophene rings is 1. The summed E-state index contributed by atoms with van der Waals surface area (Å²) in [6, 6.07) is 43.0. The van der Waals surface area contributed by atoms with Crippen LogP contribution in [0.15, 0.2) is 133 Å². The van der Waals surface area contributed by atoms with Crippen molar-refractivity contribution < 1.29 is 19.7 Å². The third kappa shape index (κ3) is 3.32. The molecule has 0 atom stereocenters. The fourth-order valence-corrected chi connectivity index (χ4v) is 7.86. The van der Waals surface area contributed by atoms with Crippen LogP contribution in [-0.2, 0) is 11.2 Å². The molecule has 2 N–H and O–H groups in total. The predicted octanol–water partition coefficient (Wildman–Crippen LogP) is 8.83. The van der Waals surface area contributed by atoms with Crippen LogP contribution >= 0.6 is 11.3 Å². The lowest BCUT2D eigenvalue weighted by Crippen LogP contribution is -2.32. The van der Waals surface area contributed by atoms with Crippen LogP contribution in [0.25, 0.3) is 20.2 Å². The first-order valence-electron chi connectivity index (χ1n) is 14.2. The molecular weight excluding hydrogens is 552 g/mol. The molecule has 1 aromatic heterocycles. The van der Waals surface area contributed by atoms with Crippen LogP contribution in [0.3, 0.4) is 0 Å². The fraction of sp³-hybridized carbons (Fsp3) is 0.0526. The Morgan fingerprint density at radius 1 is 0.419 bits per heavy atom. The molecule has 7 aromatic rings. The summed E-state index contributed by atoms with van der Waals surface area (Å²) in [4.78, 5) is 0. The van der Waals surface area contributed by atoms with Crippen molar-refractivity contribution in [3.05, 3.63) is 167 Å². The molecule has 6 aromatic carbocycles. The average molecular weight is 577 g/mol. The molecule has 206 valence electrons. The van der Waals surface area contributed by atoms with Gasteiger partial charge < -0.3 is 19.7 Å². The Morgan fingerprint density at radius 3 is 1.09 bits per heavy atom. The van der Waals surface area contributed by atoms with Crippen LogP contribution in [0.1, 0.15) is 33.4 Å². The maximum atomic E-state index is 12.6. The lowest BCUT2D eigenvalue weighted by Gasteiger charge is -2.36. The number of aliphatic hydroxyl groups is 2. The normalized spacial score (nSPS) is 15.5. The van der Waals surface area contributed by atoms with E-state index in [9.17, 15) is 10.2 Å². The van der Waals surface area contributed by atoms with E-state index >= 15 is 0 Å². The number of hydrogen-bond donors (Lipinski definition) is 2. The second-order valence-electron chi connectivity index (χ2n) is 11.1. The van der Waals surface area contributed by atoms with Crippen LogP contribution in [0, 0.1) is 0 Å². The Hall–Kier alpha value is -4.94. The number of fused-ring (bicyclic) bond motifs is 7. The van der Waals surface area contributed by atoms with Crippen molar-refractivity contribution in [3.8, 4) is 23.0 Å². The SMILES string of the molecule is OC1(c2ccc3sc4ccc(C5(O)c6ccccc6Oc6ccccc65)cc4c3c2)c2ccccc2Oc2ccccc21. The summed E-state index contributed by atoms with van der Waals surface area (Å²) in [5.74, 6) is 2.56. The zero-order chi connectivity index (χ0) is 28.8. The van der Waals surface area contributed by atoms with Gasteiger partial charge in [-0.05, 0) is 59.7 Å². The van der Waals surface area contributed by atoms with Crippen LogP contribution in [0.2, 0.25) is 0 Å². The van der Waals surface area contributed by atoms with Gasteiger partial charge in [-0.2, -0.15) is 0 Å². The van der Waals surface area contributed by atoms with Gasteiger partial charge in [-0.1, -0.05) is 84.9 Å². The van der Waals surface area contributed by atoms with E-state index in [1.807, 2.05) is 109 Å². The van der Waals surface area contributed by atoms with E-state index in [4.69, 9.17) is 9.47 Å². The quantitative estimate of drug-likeness (QED) is 0.216. The predicted molar refractivity (Wildman–Crippen MR) is 169 cm³/mol. The van der Waals surface area contributed by atoms with Crippen molar-refractivity contribution in [2.24, 2.45) is 0 Å². The summed E-state index contributed by atoms with van der Waals surface area (Å²) in [6.45, 7) is 0. The second-order valence-corrected chi connectivity index (χ2v) is 12.2. The minimum atomic E-state index is -1.40. The van der Waals surface area contributed by atoms with Gasteiger partial charge in [0.15, 0.2) is 0 Å². The van der Waals surface area contributed by atoms with Gasteiger partial charge in [-0.25, -0.2) is 0 Å². The van der Waals surface area contributed by atoms with E-state index in [0.29, 0.717) is 45.3 Å². The largest absolute Gasteiger partial charge is 0.457 e. The second kappa shape index (κ2) is 8.79. The van der Waals surface area contributed by atoms with E-state index in [1.165, 1.54) is 0 Å². The van der Waals surface area contributed by atoms with Gasteiger partial charge in [-0.3, -0.25) is 0 Å². The molecule has 0 saturated heterocycles. The van der Waals surface area contributed by atoms with E-state index in [2.05, 4.69) is 24.3 Å². The van der Waals surface area contributed by atoms with E-state index in [1.54, 1.807) is 11.3 Å². The molecule has 0 amide bonds. The minimum Gasteiger partial charge on any atom is -0.457 e. The van der Waals surface area contributed by atoms with E-state index in [0.717, 1.165) is 31.3 Å². The maximum absolute atomic E-state index is 12.6. The zero-order valence-electron chi connectivity index (χ0n) is 22.8. The maximum Gasteiger partial charge on any atom is 0.147 e. The highest BCUT2D eigenvalue weighted by Crippen LogP contribution is 2.53. The molecule has 9 rings (SSSR count). The first-order valence-corrected chi connectivity index (χ1v) is 15.0. The summed E-state index contributed by atoms with van der Waals surface area (Å²) < 4.78 is 14.6. The van der Waals surface area contributed by atoms with Crippen molar-refractivity contribution in [1.29, 1.82) is 0 Å². The summed E-state index contributed by atoms with van der Waals surface area (Å²) in [5.41, 5.74) is 1.54. The lowest BCUT2D eigenvalue weighted by atomic mass is 9.77. The van der Waals surface area contributed by atoms with E-state index < -0.39 is 11.2 Å². The molecule has 5 heteroatoms. The van der Waals surface area contributed by atoms with Crippen molar-refractivity contribution in [2.75, 3.05) is 0 Å². The van der Waals surface area contributed by atoms with Gasteiger partial charge in [0, 0.05) is 42.4 Å². The van der Waals surface area contributed by atoms with Crippen molar-refractivity contribution in [3.63, 3.8) is 0 Å². The van der Waals surface area contributed by atoms with Crippen LogP contribution in [0.5, 0.6) is 23.0 Å². The third-order valence-corrected chi connectivity index (χ3v) is 10.0. The number of para-hydroxylation sites is 4. The highest BCUT2D eigenvalue weighted by Gasteiger charge is 2.43. The molecule has 2 aliphatic rings. The molecule has 0 unspecified atom stereocenters. The molecule has 43 heavy (non-hydrogen) atoms. The molecular formula is C38H24O4S. The van der Waals surface area contributed by atoms with Crippen molar-refractivity contribution in [1.82, 2.24) is 0 Å². The summed E-state index contributed by atoms with van der Waals surface area (Å²) in [7, 11) is 0. The third-order valence-electron chi connectivity index (χ3n) is 8.85. The smallest absolute Gasteiger partial charge is 0.147 e. The summed E-state index contributed by atoms with van der Waals surface area (Å²) >= 11 is 1.70. The highest BCUT2D eigenvalue weighted by molar-refractivity contribution is 7.25. The molecule has 0 fully saturated rings. The van der Waals surface area contributed by atoms with Gasteiger partial charge in [0.1, 0.15) is 34.2 Å². The first kappa shape index (κ1) is 24.6. The van der Waals surface area contributed by atoms with Gasteiger partial charge in [0.05, 0.1) is 0 Å². The Balaban J connectivity index is 1.28. The fourth-order valence-electron chi connectivity index (χ4n) is 6.79. The Kier molecular flexibility index (Phi) is 5.03. The van der Waals surface area contributed by atoms with Gasteiger partial charge in [0.25, 0.3) is 0 Å². The summed E-state index contributed by atoms with van der Waals surface area (Å²) in [6.07, 6.45) is 0. The molecule has 4 nitrogen and oxygen atoms in total. The molecule has 0 radical (unpaired) electrons. The Morgan fingerprint density at radius 2 is 0.744 bits per heavy atom. The Labute approximate surface area is 251 Å². The number of ether oxygens (including phenoxy) is 2. The standard InChI is InChI=1S/C38H24O4S/c39-37(27-9-1-5-13-31(27)41-32-14-6-2-10-28(32)37)23-17-19-35-25(21-23)26-22-24(18-20-36(26)43-35)38(40)29-11-3-7-15-33(29)42-34-16-8-4-12-30(34)38/h1-22,39-40H. The van der Waals surface area contributed by atoms with Crippen molar-refractivity contribution in [2.45, 2.75) is 11.2 Å². The van der Waals surface area contributed by atoms with Crippen LogP contribution in [0.4, 0.5) is 0 Å². The molecule has 0 spiro atoms. The van der Waals surface area contributed by atoms with Crippen LogP contribution in [-0.4, -0.2) is 10.2 Å². The zero-order valence-corrected chi connectivity index (χ0v) is 23.6. The minimum absolute atomic E-state index is 0.639.